The van der Waals surface area contributed by atoms with Crippen LogP contribution in [0.4, 0.5) is 5.13 Å². The maximum Gasteiger partial charge on any atom is 0.205 e. The maximum absolute atomic E-state index is 12.2. The summed E-state index contributed by atoms with van der Waals surface area (Å²) in [6.45, 7) is 1.98. The Morgan fingerprint density at radius 3 is 2.17 bits per heavy atom. The first-order valence-corrected chi connectivity index (χ1v) is 11.5. The highest BCUT2D eigenvalue weighted by Crippen LogP contribution is 2.37. The van der Waals surface area contributed by atoms with Crippen LogP contribution in [-0.4, -0.2) is 18.1 Å². The van der Waals surface area contributed by atoms with Gasteiger partial charge < -0.3 is 4.90 Å². The van der Waals surface area contributed by atoms with Gasteiger partial charge in [0.1, 0.15) is 5.52 Å². The van der Waals surface area contributed by atoms with Crippen LogP contribution in [0.5, 0.6) is 5.75 Å². The van der Waals surface area contributed by atoms with Crippen molar-refractivity contribution in [1.82, 2.24) is 4.98 Å². The Kier molecular flexibility index (Phi) is 5.41. The second kappa shape index (κ2) is 8.49. The van der Waals surface area contributed by atoms with Gasteiger partial charge in [-0.1, -0.05) is 78.1 Å². The average Bonchev–Trinajstić information content (AvgIpc) is 3.22. The van der Waals surface area contributed by atoms with Crippen molar-refractivity contribution in [3.63, 3.8) is 0 Å². The zero-order chi connectivity index (χ0) is 20.3. The van der Waals surface area contributed by atoms with Crippen LogP contribution in [0.2, 0.25) is 0 Å². The summed E-state index contributed by atoms with van der Waals surface area (Å²) in [5, 5.41) is 13.2. The summed E-state index contributed by atoms with van der Waals surface area (Å²) in [7, 11) is 0. The molecule has 4 heteroatoms. The van der Waals surface area contributed by atoms with E-state index in [0.717, 1.165) is 42.2 Å². The molecular weight excluding hydrogens is 388 g/mol. The first-order valence-electron chi connectivity index (χ1n) is 10.7. The van der Waals surface area contributed by atoms with Crippen LogP contribution < -0.4 is 4.90 Å². The van der Waals surface area contributed by atoms with Gasteiger partial charge in [-0.25, -0.2) is 4.98 Å². The van der Waals surface area contributed by atoms with Crippen molar-refractivity contribution in [1.29, 1.82) is 0 Å². The van der Waals surface area contributed by atoms with Gasteiger partial charge in [0.05, 0.1) is 4.70 Å². The summed E-state index contributed by atoms with van der Waals surface area (Å²) in [6.07, 6.45) is 3.34. The highest BCUT2D eigenvalue weighted by Gasteiger charge is 2.31. The molecule has 2 atom stereocenters. The minimum atomic E-state index is 0.0230. The Balaban J connectivity index is 1.40. The number of aromatic nitrogens is 1. The minimum absolute atomic E-state index is 0.0230. The van der Waals surface area contributed by atoms with Crippen LogP contribution in [-0.2, 0) is 17.9 Å². The standard InChI is InChI=1S/C26H25N2OS/c29-23-12-7-13-24-25(23)27-26(30-24)28-15-14-21(16-19-8-3-1-4-9-19)22(18-28)17-20-10-5-2-6-11-20/h1-13,21-22H,14-18H2. The third-order valence-electron chi connectivity index (χ3n) is 6.21. The minimum Gasteiger partial charge on any atom is -0.348 e. The Morgan fingerprint density at radius 2 is 1.50 bits per heavy atom. The molecule has 0 saturated carbocycles. The Bertz CT molecular complexity index is 1110. The second-order valence-corrected chi connectivity index (χ2v) is 9.24. The normalized spacial score (nSPS) is 19.3. The van der Waals surface area contributed by atoms with E-state index in [1.807, 2.05) is 12.1 Å². The van der Waals surface area contributed by atoms with Crippen LogP contribution in [0, 0.1) is 11.8 Å². The van der Waals surface area contributed by atoms with Gasteiger partial charge in [0.2, 0.25) is 5.75 Å². The summed E-state index contributed by atoms with van der Waals surface area (Å²) < 4.78 is 0.989. The van der Waals surface area contributed by atoms with Crippen LogP contribution >= 0.6 is 11.3 Å². The Morgan fingerprint density at radius 1 is 0.833 bits per heavy atom. The fourth-order valence-corrected chi connectivity index (χ4v) is 5.65. The first kappa shape index (κ1) is 19.1. The number of hydrogen-bond donors (Lipinski definition) is 0. The van der Waals surface area contributed by atoms with E-state index >= 15 is 0 Å². The van der Waals surface area contributed by atoms with Gasteiger partial charge in [-0.2, -0.15) is 0 Å². The van der Waals surface area contributed by atoms with Gasteiger partial charge in [0.15, 0.2) is 5.13 Å². The molecule has 5 rings (SSSR count). The second-order valence-electron chi connectivity index (χ2n) is 8.23. The Labute approximate surface area is 181 Å². The monoisotopic (exact) mass is 413 g/mol. The number of nitrogens with zero attached hydrogens (tertiary/aromatic N) is 2. The summed E-state index contributed by atoms with van der Waals surface area (Å²) in [5.74, 6) is 1.23. The molecule has 4 aromatic rings. The molecule has 0 amide bonds. The van der Waals surface area contributed by atoms with Crippen LogP contribution in [0.1, 0.15) is 17.5 Å². The number of para-hydroxylation sites is 1. The lowest BCUT2D eigenvalue weighted by molar-refractivity contribution is 0.274. The molecule has 0 N–H and O–H groups in total. The number of fused-ring (bicyclic) bond motifs is 1. The van der Waals surface area contributed by atoms with E-state index in [2.05, 4.69) is 65.6 Å². The number of benzene rings is 3. The van der Waals surface area contributed by atoms with Crippen molar-refractivity contribution in [3.05, 3.63) is 90.0 Å². The number of thiazole rings is 1. The third-order valence-corrected chi connectivity index (χ3v) is 7.30. The van der Waals surface area contributed by atoms with Gasteiger partial charge in [0.25, 0.3) is 0 Å². The number of hydrogen-bond acceptors (Lipinski definition) is 3. The predicted octanol–water partition coefficient (Wildman–Crippen LogP) is 6.37. The molecule has 2 heterocycles. The molecular formula is C26H25N2OS. The SMILES string of the molecule is [O]c1cccc2sc(N3CCC(Cc4ccccc4)C(Cc4ccccc4)C3)nc12. The van der Waals surface area contributed by atoms with Crippen molar-refractivity contribution in [3.8, 4) is 5.75 Å². The summed E-state index contributed by atoms with van der Waals surface area (Å²) in [4.78, 5) is 7.12. The summed E-state index contributed by atoms with van der Waals surface area (Å²) >= 11 is 1.65. The predicted molar refractivity (Wildman–Crippen MR) is 124 cm³/mol. The molecule has 0 spiro atoms. The molecule has 3 nitrogen and oxygen atoms in total. The molecule has 0 aliphatic carbocycles. The fourth-order valence-electron chi connectivity index (χ4n) is 4.63. The molecule has 1 fully saturated rings. The van der Waals surface area contributed by atoms with E-state index in [-0.39, 0.29) is 5.75 Å². The molecule has 0 bridgehead atoms. The summed E-state index contributed by atoms with van der Waals surface area (Å²) in [5.41, 5.74) is 3.43. The van der Waals surface area contributed by atoms with Gasteiger partial charge >= 0.3 is 0 Å². The number of rotatable bonds is 5. The zero-order valence-corrected chi connectivity index (χ0v) is 17.7. The largest absolute Gasteiger partial charge is 0.348 e. The lowest BCUT2D eigenvalue weighted by Gasteiger charge is -2.39. The maximum atomic E-state index is 12.2. The number of piperidine rings is 1. The molecule has 1 radical (unpaired) electrons. The Hall–Kier alpha value is -2.85. The highest BCUT2D eigenvalue weighted by atomic mass is 32.1. The molecule has 1 aliphatic rings. The lowest BCUT2D eigenvalue weighted by atomic mass is 9.78. The molecule has 151 valence electrons. The van der Waals surface area contributed by atoms with Crippen LogP contribution in [0.15, 0.2) is 78.9 Å². The number of anilines is 1. The highest BCUT2D eigenvalue weighted by molar-refractivity contribution is 7.22. The third kappa shape index (κ3) is 4.05. The van der Waals surface area contributed by atoms with Crippen LogP contribution in [0.25, 0.3) is 10.2 Å². The van der Waals surface area contributed by atoms with Gasteiger partial charge in [-0.05, 0) is 54.4 Å². The van der Waals surface area contributed by atoms with Crippen LogP contribution in [0.3, 0.4) is 0 Å². The molecule has 30 heavy (non-hydrogen) atoms. The zero-order valence-electron chi connectivity index (χ0n) is 16.9. The molecule has 2 unspecified atom stereocenters. The topological polar surface area (TPSA) is 36.0 Å². The van der Waals surface area contributed by atoms with E-state index in [0.29, 0.717) is 17.4 Å². The fraction of sp³-hybridized carbons (Fsp3) is 0.269. The van der Waals surface area contributed by atoms with Crippen molar-refractivity contribution in [2.24, 2.45) is 11.8 Å². The smallest absolute Gasteiger partial charge is 0.205 e. The van der Waals surface area contributed by atoms with Crippen molar-refractivity contribution in [2.75, 3.05) is 18.0 Å². The van der Waals surface area contributed by atoms with Gasteiger partial charge in [-0.3, -0.25) is 5.11 Å². The first-order chi connectivity index (χ1) is 14.8. The van der Waals surface area contributed by atoms with E-state index in [9.17, 15) is 5.11 Å². The summed E-state index contributed by atoms with van der Waals surface area (Å²) in [6, 6.07) is 27.1. The van der Waals surface area contributed by atoms with E-state index in [1.165, 1.54) is 11.1 Å². The van der Waals surface area contributed by atoms with Crippen molar-refractivity contribution >= 4 is 26.7 Å². The van der Waals surface area contributed by atoms with E-state index in [1.54, 1.807) is 17.4 Å². The lowest BCUT2D eigenvalue weighted by Crippen LogP contribution is -2.42. The molecule has 1 saturated heterocycles. The molecule has 3 aromatic carbocycles. The van der Waals surface area contributed by atoms with Crippen molar-refractivity contribution < 1.29 is 5.11 Å². The van der Waals surface area contributed by atoms with Gasteiger partial charge in [0, 0.05) is 13.1 Å². The quantitative estimate of drug-likeness (QED) is 0.381. The average molecular weight is 414 g/mol. The van der Waals surface area contributed by atoms with Gasteiger partial charge in [-0.15, -0.1) is 0 Å². The molecule has 1 aliphatic heterocycles. The van der Waals surface area contributed by atoms with Crippen molar-refractivity contribution in [2.45, 2.75) is 19.3 Å². The molecule has 1 aromatic heterocycles. The van der Waals surface area contributed by atoms with E-state index < -0.39 is 0 Å². The van der Waals surface area contributed by atoms with E-state index in [4.69, 9.17) is 4.98 Å².